The summed E-state index contributed by atoms with van der Waals surface area (Å²) >= 11 is 0. The fourth-order valence-corrected chi connectivity index (χ4v) is 1.51. The number of ketones is 2. The molecule has 0 aliphatic heterocycles. The lowest BCUT2D eigenvalue weighted by molar-refractivity contribution is 0.101. The minimum absolute atomic E-state index is 0.0559. The van der Waals surface area contributed by atoms with E-state index in [1.165, 1.54) is 13.0 Å². The topological polar surface area (TPSA) is 62.8 Å². The molecule has 0 unspecified atom stereocenters. The first-order chi connectivity index (χ1) is 8.66. The van der Waals surface area contributed by atoms with E-state index in [-0.39, 0.29) is 11.6 Å². The molecule has 0 fully saturated rings. The van der Waals surface area contributed by atoms with Gasteiger partial charge >= 0.3 is 0 Å². The fourth-order valence-electron chi connectivity index (χ4n) is 1.51. The summed E-state index contributed by atoms with van der Waals surface area (Å²) in [7, 11) is 0. The van der Waals surface area contributed by atoms with Gasteiger partial charge in [0.1, 0.15) is 5.82 Å². The van der Waals surface area contributed by atoms with Crippen LogP contribution in [0.3, 0.4) is 0 Å². The number of allylic oxidation sites excluding steroid dienone is 1. The standard InChI is InChI=1S/C14H12N2O2/c1-10(17)11-3-2-4-12(9-11)13(18)5-6-14-15-7-8-16-14/h2-9H,1H3,(H,15,16). The average molecular weight is 240 g/mol. The molecule has 0 aliphatic carbocycles. The van der Waals surface area contributed by atoms with Gasteiger partial charge in [-0.15, -0.1) is 0 Å². The van der Waals surface area contributed by atoms with E-state index in [4.69, 9.17) is 0 Å². The van der Waals surface area contributed by atoms with Gasteiger partial charge in [-0.05, 0) is 25.1 Å². The predicted octanol–water partition coefficient (Wildman–Crippen LogP) is 2.51. The van der Waals surface area contributed by atoms with E-state index in [0.29, 0.717) is 17.0 Å². The maximum atomic E-state index is 11.9. The van der Waals surface area contributed by atoms with Gasteiger partial charge in [-0.2, -0.15) is 0 Å². The number of carbonyl (C=O) groups is 2. The number of hydrogen-bond acceptors (Lipinski definition) is 3. The van der Waals surface area contributed by atoms with Crippen molar-refractivity contribution in [3.63, 3.8) is 0 Å². The molecule has 0 aliphatic rings. The van der Waals surface area contributed by atoms with Crippen molar-refractivity contribution in [1.29, 1.82) is 0 Å². The maximum absolute atomic E-state index is 11.9. The first-order valence-electron chi connectivity index (χ1n) is 5.49. The molecular formula is C14H12N2O2. The Labute approximate surface area is 104 Å². The van der Waals surface area contributed by atoms with Crippen LogP contribution in [-0.2, 0) is 0 Å². The largest absolute Gasteiger partial charge is 0.345 e. The number of hydrogen-bond donors (Lipinski definition) is 1. The van der Waals surface area contributed by atoms with Gasteiger partial charge in [0.2, 0.25) is 0 Å². The Morgan fingerprint density at radius 2 is 2.06 bits per heavy atom. The smallest absolute Gasteiger partial charge is 0.185 e. The zero-order valence-corrected chi connectivity index (χ0v) is 9.88. The molecule has 90 valence electrons. The first-order valence-corrected chi connectivity index (χ1v) is 5.49. The molecule has 0 bridgehead atoms. The summed E-state index contributed by atoms with van der Waals surface area (Å²) in [6, 6.07) is 6.67. The molecule has 2 aromatic rings. The Balaban J connectivity index is 2.19. The molecule has 1 heterocycles. The van der Waals surface area contributed by atoms with E-state index in [2.05, 4.69) is 9.97 Å². The highest BCUT2D eigenvalue weighted by Gasteiger charge is 2.05. The van der Waals surface area contributed by atoms with Gasteiger partial charge in [-0.25, -0.2) is 4.98 Å². The molecule has 1 aromatic carbocycles. The second kappa shape index (κ2) is 5.23. The second-order valence-electron chi connectivity index (χ2n) is 3.81. The van der Waals surface area contributed by atoms with Crippen LogP contribution in [0.25, 0.3) is 6.08 Å². The van der Waals surface area contributed by atoms with Gasteiger partial charge < -0.3 is 4.98 Å². The SMILES string of the molecule is CC(=O)c1cccc(C(=O)C=Cc2ncc[nH]2)c1. The number of imidazole rings is 1. The molecule has 0 saturated carbocycles. The molecule has 18 heavy (non-hydrogen) atoms. The van der Waals surface area contributed by atoms with Gasteiger partial charge in [0, 0.05) is 23.5 Å². The van der Waals surface area contributed by atoms with Gasteiger partial charge in [0.25, 0.3) is 0 Å². The third-order valence-corrected chi connectivity index (χ3v) is 2.47. The minimum atomic E-state index is -0.158. The van der Waals surface area contributed by atoms with Gasteiger partial charge in [-0.3, -0.25) is 9.59 Å². The van der Waals surface area contributed by atoms with Crippen LogP contribution >= 0.6 is 0 Å². The normalized spacial score (nSPS) is 10.7. The number of carbonyl (C=O) groups excluding carboxylic acids is 2. The summed E-state index contributed by atoms with van der Waals surface area (Å²) < 4.78 is 0. The molecule has 0 radical (unpaired) electrons. The number of aromatic nitrogens is 2. The van der Waals surface area contributed by atoms with Crippen LogP contribution in [-0.4, -0.2) is 21.5 Å². The Morgan fingerprint density at radius 3 is 2.72 bits per heavy atom. The Kier molecular flexibility index (Phi) is 3.48. The minimum Gasteiger partial charge on any atom is -0.345 e. The van der Waals surface area contributed by atoms with Crippen LogP contribution in [0.15, 0.2) is 42.7 Å². The molecule has 0 spiro atoms. The van der Waals surface area contributed by atoms with E-state index in [0.717, 1.165) is 0 Å². The number of nitrogens with zero attached hydrogens (tertiary/aromatic N) is 1. The fraction of sp³-hybridized carbons (Fsp3) is 0.0714. The van der Waals surface area contributed by atoms with Crippen molar-refractivity contribution in [2.45, 2.75) is 6.92 Å². The average Bonchev–Trinajstić information content (AvgIpc) is 2.89. The Bertz CT molecular complexity index is 598. The highest BCUT2D eigenvalue weighted by atomic mass is 16.1. The number of nitrogens with one attached hydrogen (secondary N) is 1. The van der Waals surface area contributed by atoms with Gasteiger partial charge in [0.15, 0.2) is 11.6 Å². The molecule has 0 saturated heterocycles. The van der Waals surface area contributed by atoms with E-state index in [9.17, 15) is 9.59 Å². The molecule has 1 aromatic heterocycles. The van der Waals surface area contributed by atoms with Crippen molar-refractivity contribution in [1.82, 2.24) is 9.97 Å². The number of benzene rings is 1. The maximum Gasteiger partial charge on any atom is 0.185 e. The molecule has 0 amide bonds. The zero-order chi connectivity index (χ0) is 13.0. The summed E-state index contributed by atoms with van der Waals surface area (Å²) in [5.41, 5.74) is 1.03. The highest BCUT2D eigenvalue weighted by molar-refractivity contribution is 6.08. The van der Waals surface area contributed by atoms with E-state index >= 15 is 0 Å². The lowest BCUT2D eigenvalue weighted by atomic mass is 10.0. The molecule has 4 heteroatoms. The first kappa shape index (κ1) is 12.0. The van der Waals surface area contributed by atoms with Crippen LogP contribution in [0, 0.1) is 0 Å². The Morgan fingerprint density at radius 1 is 1.28 bits per heavy atom. The highest BCUT2D eigenvalue weighted by Crippen LogP contribution is 2.08. The molecule has 0 atom stereocenters. The van der Waals surface area contributed by atoms with Crippen molar-refractivity contribution in [3.05, 3.63) is 59.7 Å². The summed E-state index contributed by atoms with van der Waals surface area (Å²) in [5, 5.41) is 0. The predicted molar refractivity (Wildman–Crippen MR) is 68.4 cm³/mol. The quantitative estimate of drug-likeness (QED) is 0.659. The second-order valence-corrected chi connectivity index (χ2v) is 3.81. The van der Waals surface area contributed by atoms with Crippen molar-refractivity contribution < 1.29 is 9.59 Å². The summed E-state index contributed by atoms with van der Waals surface area (Å²) in [5.74, 6) is 0.403. The Hall–Kier alpha value is -2.49. The third-order valence-electron chi connectivity index (χ3n) is 2.47. The molecule has 2 rings (SSSR count). The van der Waals surface area contributed by atoms with Crippen molar-refractivity contribution in [2.24, 2.45) is 0 Å². The summed E-state index contributed by atoms with van der Waals surface area (Å²) in [6.07, 6.45) is 6.32. The number of aromatic amines is 1. The van der Waals surface area contributed by atoms with Crippen LogP contribution in [0.4, 0.5) is 0 Å². The number of rotatable bonds is 4. The monoisotopic (exact) mass is 240 g/mol. The number of Topliss-reactive ketones (excluding diaryl/α,β-unsaturated/α-hetero) is 1. The number of H-pyrrole nitrogens is 1. The van der Waals surface area contributed by atoms with Crippen LogP contribution in [0.5, 0.6) is 0 Å². The summed E-state index contributed by atoms with van der Waals surface area (Å²) in [4.78, 5) is 29.9. The molecule has 4 nitrogen and oxygen atoms in total. The van der Waals surface area contributed by atoms with Crippen LogP contribution in [0.1, 0.15) is 33.5 Å². The van der Waals surface area contributed by atoms with E-state index < -0.39 is 0 Å². The van der Waals surface area contributed by atoms with Gasteiger partial charge in [-0.1, -0.05) is 18.2 Å². The van der Waals surface area contributed by atoms with Crippen molar-refractivity contribution >= 4 is 17.6 Å². The molecule has 1 N–H and O–H groups in total. The lowest BCUT2D eigenvalue weighted by Crippen LogP contribution is -1.98. The zero-order valence-electron chi connectivity index (χ0n) is 9.88. The third kappa shape index (κ3) is 2.79. The van der Waals surface area contributed by atoms with Crippen molar-refractivity contribution in [2.75, 3.05) is 0 Å². The summed E-state index contributed by atoms with van der Waals surface area (Å²) in [6.45, 7) is 1.47. The van der Waals surface area contributed by atoms with Crippen molar-refractivity contribution in [3.8, 4) is 0 Å². The van der Waals surface area contributed by atoms with Gasteiger partial charge in [0.05, 0.1) is 0 Å². The van der Waals surface area contributed by atoms with E-state index in [1.807, 2.05) is 0 Å². The van der Waals surface area contributed by atoms with E-state index in [1.54, 1.807) is 42.7 Å². The van der Waals surface area contributed by atoms with Crippen LogP contribution in [0.2, 0.25) is 0 Å². The lowest BCUT2D eigenvalue weighted by Gasteiger charge is -1.98. The van der Waals surface area contributed by atoms with Crippen LogP contribution < -0.4 is 0 Å². The molecular weight excluding hydrogens is 228 g/mol.